The largest absolute Gasteiger partial charge is 0.294 e. The molecule has 3 aromatic rings. The van der Waals surface area contributed by atoms with Crippen LogP contribution >= 0.6 is 22.9 Å². The van der Waals surface area contributed by atoms with Gasteiger partial charge in [0, 0.05) is 23.5 Å². The molecular formula is C21H21ClFN3O2S. The number of thiazole rings is 1. The van der Waals surface area contributed by atoms with Gasteiger partial charge in [-0.1, -0.05) is 35.9 Å². The summed E-state index contributed by atoms with van der Waals surface area (Å²) in [5, 5.41) is 3.20. The van der Waals surface area contributed by atoms with Crippen LogP contribution < -0.4 is 5.48 Å². The molecule has 3 rings (SSSR count). The van der Waals surface area contributed by atoms with Crippen LogP contribution in [0.1, 0.15) is 33.5 Å². The molecular weight excluding hydrogens is 413 g/mol. The second-order valence-electron chi connectivity index (χ2n) is 6.39. The van der Waals surface area contributed by atoms with Crippen LogP contribution in [0.2, 0.25) is 5.02 Å². The van der Waals surface area contributed by atoms with Crippen molar-refractivity contribution in [3.8, 4) is 0 Å². The van der Waals surface area contributed by atoms with Crippen molar-refractivity contribution in [2.45, 2.75) is 26.6 Å². The van der Waals surface area contributed by atoms with E-state index in [4.69, 9.17) is 16.4 Å². The minimum Gasteiger partial charge on any atom is -0.288 e. The topological polar surface area (TPSA) is 54.5 Å². The number of hydrogen-bond acceptors (Lipinski definition) is 5. The highest BCUT2D eigenvalue weighted by Crippen LogP contribution is 2.19. The van der Waals surface area contributed by atoms with E-state index in [0.29, 0.717) is 37.0 Å². The van der Waals surface area contributed by atoms with E-state index in [0.717, 1.165) is 16.1 Å². The number of halogens is 2. The molecule has 0 atom stereocenters. The summed E-state index contributed by atoms with van der Waals surface area (Å²) in [5.41, 5.74) is 4.77. The Balaban J connectivity index is 1.73. The first-order valence-electron chi connectivity index (χ1n) is 9.11. The van der Waals surface area contributed by atoms with Gasteiger partial charge in [-0.25, -0.2) is 14.9 Å². The third-order valence-corrected chi connectivity index (χ3v) is 5.18. The molecule has 29 heavy (non-hydrogen) atoms. The highest BCUT2D eigenvalue weighted by Gasteiger charge is 2.14. The highest BCUT2D eigenvalue weighted by molar-refractivity contribution is 7.09. The van der Waals surface area contributed by atoms with Crippen molar-refractivity contribution in [2.75, 3.05) is 6.61 Å². The Morgan fingerprint density at radius 3 is 2.34 bits per heavy atom. The fraction of sp³-hybridized carbons (Fsp3) is 0.238. The van der Waals surface area contributed by atoms with E-state index in [1.807, 2.05) is 24.3 Å². The predicted octanol–water partition coefficient (Wildman–Crippen LogP) is 4.82. The number of amides is 1. The minimum atomic E-state index is -0.364. The van der Waals surface area contributed by atoms with Crippen LogP contribution in [0, 0.1) is 5.82 Å². The summed E-state index contributed by atoms with van der Waals surface area (Å²) >= 11 is 7.40. The van der Waals surface area contributed by atoms with E-state index in [2.05, 4.69) is 15.4 Å². The number of rotatable bonds is 9. The Morgan fingerprint density at radius 2 is 1.72 bits per heavy atom. The van der Waals surface area contributed by atoms with Crippen LogP contribution in [0.5, 0.6) is 0 Å². The molecule has 2 aromatic carbocycles. The first-order chi connectivity index (χ1) is 14.0. The van der Waals surface area contributed by atoms with Crippen LogP contribution in [0.15, 0.2) is 53.9 Å². The molecule has 1 heterocycles. The predicted molar refractivity (Wildman–Crippen MR) is 112 cm³/mol. The molecule has 0 spiro atoms. The van der Waals surface area contributed by atoms with Crippen LogP contribution in [0.3, 0.4) is 0 Å². The standard InChI is InChI=1S/C21H21ClFN3O2S/c1-2-28-25-21(27)19-14-29-20(24-19)13-26(11-15-3-7-17(22)8-4-15)12-16-5-9-18(23)10-6-16/h3-10,14H,2,11-13H2,1H3,(H,25,27). The molecule has 1 amide bonds. The van der Waals surface area contributed by atoms with Gasteiger partial charge in [0.1, 0.15) is 16.5 Å². The van der Waals surface area contributed by atoms with Gasteiger partial charge in [-0.2, -0.15) is 0 Å². The quantitative estimate of drug-likeness (QED) is 0.491. The highest BCUT2D eigenvalue weighted by atomic mass is 35.5. The summed E-state index contributed by atoms with van der Waals surface area (Å²) in [6.07, 6.45) is 0. The van der Waals surface area contributed by atoms with Gasteiger partial charge in [-0.15, -0.1) is 11.3 Å². The Morgan fingerprint density at radius 1 is 1.10 bits per heavy atom. The minimum absolute atomic E-state index is 0.261. The van der Waals surface area contributed by atoms with Crippen molar-refractivity contribution in [1.29, 1.82) is 0 Å². The van der Waals surface area contributed by atoms with Crippen molar-refractivity contribution >= 4 is 28.8 Å². The normalized spacial score (nSPS) is 11.0. The third-order valence-electron chi connectivity index (χ3n) is 4.09. The molecule has 1 N–H and O–H groups in total. The van der Waals surface area contributed by atoms with Gasteiger partial charge in [0.05, 0.1) is 13.2 Å². The van der Waals surface area contributed by atoms with Crippen LogP contribution in [-0.2, 0) is 24.5 Å². The number of benzene rings is 2. The van der Waals surface area contributed by atoms with E-state index in [-0.39, 0.29) is 11.7 Å². The van der Waals surface area contributed by atoms with Gasteiger partial charge in [-0.3, -0.25) is 14.5 Å². The number of carbonyl (C=O) groups is 1. The molecule has 1 aromatic heterocycles. The van der Waals surface area contributed by atoms with Crippen molar-refractivity contribution in [1.82, 2.24) is 15.4 Å². The molecule has 152 valence electrons. The van der Waals surface area contributed by atoms with Gasteiger partial charge in [-0.05, 0) is 42.3 Å². The molecule has 0 saturated heterocycles. The van der Waals surface area contributed by atoms with E-state index in [1.165, 1.54) is 23.5 Å². The molecule has 8 heteroatoms. The number of nitrogens with zero attached hydrogens (tertiary/aromatic N) is 2. The maximum Gasteiger partial charge on any atom is 0.294 e. The molecule has 0 aliphatic carbocycles. The van der Waals surface area contributed by atoms with E-state index in [1.54, 1.807) is 24.4 Å². The Kier molecular flexibility index (Phi) is 7.71. The molecule has 0 aliphatic heterocycles. The number of hydrogen-bond donors (Lipinski definition) is 1. The summed E-state index contributed by atoms with van der Waals surface area (Å²) in [5.74, 6) is -0.625. The van der Waals surface area contributed by atoms with Gasteiger partial charge in [0.15, 0.2) is 0 Å². The molecule has 0 aliphatic rings. The van der Waals surface area contributed by atoms with Crippen LogP contribution in [0.25, 0.3) is 0 Å². The Labute approximate surface area is 178 Å². The maximum atomic E-state index is 13.2. The second kappa shape index (κ2) is 10.5. The maximum absolute atomic E-state index is 13.2. The zero-order valence-electron chi connectivity index (χ0n) is 15.9. The van der Waals surface area contributed by atoms with Gasteiger partial charge < -0.3 is 0 Å². The summed E-state index contributed by atoms with van der Waals surface area (Å²) in [7, 11) is 0. The van der Waals surface area contributed by atoms with Gasteiger partial charge >= 0.3 is 0 Å². The SMILES string of the molecule is CCONC(=O)c1csc(CN(Cc2ccc(F)cc2)Cc2ccc(Cl)cc2)n1. The lowest BCUT2D eigenvalue weighted by Crippen LogP contribution is -2.24. The van der Waals surface area contributed by atoms with Crippen molar-refractivity contribution in [3.05, 3.63) is 86.6 Å². The molecule has 5 nitrogen and oxygen atoms in total. The Hall–Kier alpha value is -2.32. The first kappa shape index (κ1) is 21.4. The van der Waals surface area contributed by atoms with Crippen molar-refractivity contribution in [2.24, 2.45) is 0 Å². The molecule has 0 unspecified atom stereocenters. The number of nitrogens with one attached hydrogen (secondary N) is 1. The third kappa shape index (κ3) is 6.61. The van der Waals surface area contributed by atoms with Crippen LogP contribution in [0.4, 0.5) is 4.39 Å². The lowest BCUT2D eigenvalue weighted by Gasteiger charge is -2.21. The average Bonchev–Trinajstić information content (AvgIpc) is 3.18. The number of hydroxylamine groups is 1. The molecule has 0 fully saturated rings. The number of aromatic nitrogens is 1. The van der Waals surface area contributed by atoms with E-state index < -0.39 is 0 Å². The molecule has 0 radical (unpaired) electrons. The summed E-state index contributed by atoms with van der Waals surface area (Å²) in [6.45, 7) is 4.00. The van der Waals surface area contributed by atoms with Crippen molar-refractivity contribution in [3.63, 3.8) is 0 Å². The molecule has 0 saturated carbocycles. The average molecular weight is 434 g/mol. The van der Waals surface area contributed by atoms with Crippen molar-refractivity contribution < 1.29 is 14.0 Å². The Bertz CT molecular complexity index is 884. The van der Waals surface area contributed by atoms with E-state index in [9.17, 15) is 9.18 Å². The van der Waals surface area contributed by atoms with Gasteiger partial charge in [0.2, 0.25) is 0 Å². The summed E-state index contributed by atoms with van der Waals surface area (Å²) in [4.78, 5) is 23.5. The monoisotopic (exact) mass is 433 g/mol. The fourth-order valence-electron chi connectivity index (χ4n) is 2.73. The number of carbonyl (C=O) groups excluding carboxylic acids is 1. The fourth-order valence-corrected chi connectivity index (χ4v) is 3.67. The second-order valence-corrected chi connectivity index (χ2v) is 7.77. The lowest BCUT2D eigenvalue weighted by atomic mass is 10.1. The lowest BCUT2D eigenvalue weighted by molar-refractivity contribution is 0.0360. The smallest absolute Gasteiger partial charge is 0.288 e. The summed E-state index contributed by atoms with van der Waals surface area (Å²) in [6, 6.07) is 14.1. The zero-order chi connectivity index (χ0) is 20.6. The van der Waals surface area contributed by atoms with Gasteiger partial charge in [0.25, 0.3) is 5.91 Å². The van der Waals surface area contributed by atoms with Crippen LogP contribution in [-0.4, -0.2) is 22.4 Å². The first-order valence-corrected chi connectivity index (χ1v) is 10.4. The summed E-state index contributed by atoms with van der Waals surface area (Å²) < 4.78 is 13.2. The zero-order valence-corrected chi connectivity index (χ0v) is 17.5. The van der Waals surface area contributed by atoms with E-state index >= 15 is 0 Å². The molecule has 0 bridgehead atoms.